The van der Waals surface area contributed by atoms with Gasteiger partial charge in [-0.15, -0.1) is 0 Å². The molecule has 1 rings (SSSR count). The van der Waals surface area contributed by atoms with Crippen LogP contribution in [0, 0.1) is 5.92 Å². The number of hydrogen-bond donors (Lipinski definition) is 0. The van der Waals surface area contributed by atoms with E-state index in [-0.39, 0.29) is 5.54 Å². The highest BCUT2D eigenvalue weighted by molar-refractivity contribution is 4.89. The van der Waals surface area contributed by atoms with E-state index in [9.17, 15) is 0 Å². The lowest BCUT2D eigenvalue weighted by atomic mass is 9.94. The summed E-state index contributed by atoms with van der Waals surface area (Å²) >= 11 is 0. The zero-order valence-electron chi connectivity index (χ0n) is 12.1. The Hall–Kier alpha value is -0.600. The predicted octanol–water partition coefficient (Wildman–Crippen LogP) is 4.44. The van der Waals surface area contributed by atoms with E-state index in [4.69, 9.17) is 0 Å². The summed E-state index contributed by atoms with van der Waals surface area (Å²) in [6, 6.07) is 0. The maximum absolute atomic E-state index is 4.32. The Labute approximate surface area is 107 Å². The van der Waals surface area contributed by atoms with Crippen LogP contribution >= 0.6 is 0 Å². The molecule has 1 aliphatic heterocycles. The fourth-order valence-electron chi connectivity index (χ4n) is 2.34. The van der Waals surface area contributed by atoms with Crippen molar-refractivity contribution in [2.45, 2.75) is 71.8 Å². The molecule has 0 saturated carbocycles. The minimum Gasteiger partial charge on any atom is -0.271 e. The molecule has 0 N–H and O–H groups in total. The molecular weight excluding hydrogens is 210 g/mol. The van der Waals surface area contributed by atoms with Gasteiger partial charge in [0.15, 0.2) is 0 Å². The molecule has 3 heteroatoms. The van der Waals surface area contributed by atoms with E-state index in [0.29, 0.717) is 0 Å². The van der Waals surface area contributed by atoms with Crippen LogP contribution in [0.3, 0.4) is 0 Å². The fraction of sp³-hybridized carbons (Fsp3) is 1.00. The van der Waals surface area contributed by atoms with Crippen LogP contribution in [-0.4, -0.2) is 23.6 Å². The zero-order chi connectivity index (χ0) is 12.7. The average Bonchev–Trinajstić information content (AvgIpc) is 2.64. The first-order valence-corrected chi connectivity index (χ1v) is 7.23. The second-order valence-corrected chi connectivity index (χ2v) is 6.00. The van der Waals surface area contributed by atoms with Crippen molar-refractivity contribution in [3.05, 3.63) is 0 Å². The topological polar surface area (TPSA) is 28.0 Å². The minimum absolute atomic E-state index is 0.202. The van der Waals surface area contributed by atoms with Crippen LogP contribution in [0.25, 0.3) is 0 Å². The molecule has 0 saturated heterocycles. The van der Waals surface area contributed by atoms with Crippen molar-refractivity contribution < 1.29 is 0 Å². The van der Waals surface area contributed by atoms with Gasteiger partial charge in [0.25, 0.3) is 0 Å². The molecule has 0 amide bonds. The van der Waals surface area contributed by atoms with E-state index in [0.717, 1.165) is 19.0 Å². The molecule has 1 aliphatic rings. The largest absolute Gasteiger partial charge is 0.271 e. The standard InChI is InChI=1S/C14H29N3/c1-5-6-10-14(4)12-15-16-17(14)11-8-7-9-13(2)3/h13H,5-12H2,1-4H3. The van der Waals surface area contributed by atoms with Gasteiger partial charge >= 0.3 is 0 Å². The maximum Gasteiger partial charge on any atom is 0.0866 e. The van der Waals surface area contributed by atoms with E-state index >= 15 is 0 Å². The number of hydrogen-bond acceptors (Lipinski definition) is 3. The van der Waals surface area contributed by atoms with Gasteiger partial charge in [-0.05, 0) is 25.7 Å². The molecule has 0 aliphatic carbocycles. The molecule has 0 aromatic rings. The fourth-order valence-corrected chi connectivity index (χ4v) is 2.34. The van der Waals surface area contributed by atoms with Crippen molar-refractivity contribution >= 4 is 0 Å². The highest BCUT2D eigenvalue weighted by atomic mass is 15.6. The van der Waals surface area contributed by atoms with Crippen molar-refractivity contribution in [2.24, 2.45) is 16.3 Å². The van der Waals surface area contributed by atoms with Crippen LogP contribution in [0.1, 0.15) is 66.2 Å². The second kappa shape index (κ2) is 6.97. The molecule has 3 nitrogen and oxygen atoms in total. The first kappa shape index (κ1) is 14.5. The smallest absolute Gasteiger partial charge is 0.0866 e. The Balaban J connectivity index is 2.28. The lowest BCUT2D eigenvalue weighted by Crippen LogP contribution is -2.42. The molecule has 0 spiro atoms. The van der Waals surface area contributed by atoms with Gasteiger partial charge in [-0.1, -0.05) is 51.7 Å². The number of nitrogens with zero attached hydrogens (tertiary/aromatic N) is 3. The first-order chi connectivity index (χ1) is 8.08. The van der Waals surface area contributed by atoms with E-state index in [1.807, 2.05) is 0 Å². The summed E-state index contributed by atoms with van der Waals surface area (Å²) in [6.07, 6.45) is 7.66. The van der Waals surface area contributed by atoms with Crippen molar-refractivity contribution in [2.75, 3.05) is 13.1 Å². The van der Waals surface area contributed by atoms with Crippen molar-refractivity contribution in [3.63, 3.8) is 0 Å². The third-order valence-corrected chi connectivity index (χ3v) is 3.68. The van der Waals surface area contributed by atoms with Crippen molar-refractivity contribution in [1.82, 2.24) is 5.01 Å². The summed E-state index contributed by atoms with van der Waals surface area (Å²) in [5.74, 6) is 0.821. The van der Waals surface area contributed by atoms with Crippen LogP contribution in [0.4, 0.5) is 0 Å². The van der Waals surface area contributed by atoms with Gasteiger partial charge < -0.3 is 0 Å². The van der Waals surface area contributed by atoms with E-state index in [2.05, 4.69) is 43.0 Å². The third-order valence-electron chi connectivity index (χ3n) is 3.68. The van der Waals surface area contributed by atoms with Gasteiger partial charge in [0, 0.05) is 6.54 Å². The predicted molar refractivity (Wildman–Crippen MR) is 73.0 cm³/mol. The lowest BCUT2D eigenvalue weighted by Gasteiger charge is -2.32. The highest BCUT2D eigenvalue weighted by Gasteiger charge is 2.34. The van der Waals surface area contributed by atoms with Crippen molar-refractivity contribution in [1.29, 1.82) is 0 Å². The lowest BCUT2D eigenvalue weighted by molar-refractivity contribution is 0.129. The molecular formula is C14H29N3. The Morgan fingerprint density at radius 1 is 1.24 bits per heavy atom. The van der Waals surface area contributed by atoms with Gasteiger partial charge in [0.05, 0.1) is 12.1 Å². The summed E-state index contributed by atoms with van der Waals surface area (Å²) in [6.45, 7) is 11.1. The van der Waals surface area contributed by atoms with Crippen LogP contribution in [-0.2, 0) is 0 Å². The van der Waals surface area contributed by atoms with Gasteiger partial charge in [0.1, 0.15) is 0 Å². The van der Waals surface area contributed by atoms with Gasteiger partial charge in [0.2, 0.25) is 0 Å². The Morgan fingerprint density at radius 3 is 2.65 bits per heavy atom. The average molecular weight is 239 g/mol. The number of rotatable bonds is 8. The molecule has 0 radical (unpaired) electrons. The molecule has 1 unspecified atom stereocenters. The van der Waals surface area contributed by atoms with Gasteiger partial charge in [-0.3, -0.25) is 5.01 Å². The molecule has 17 heavy (non-hydrogen) atoms. The van der Waals surface area contributed by atoms with Crippen LogP contribution in [0.2, 0.25) is 0 Å². The van der Waals surface area contributed by atoms with E-state index in [1.165, 1.54) is 38.5 Å². The van der Waals surface area contributed by atoms with E-state index < -0.39 is 0 Å². The molecule has 0 fully saturated rings. The molecule has 1 heterocycles. The highest BCUT2D eigenvalue weighted by Crippen LogP contribution is 2.28. The minimum atomic E-state index is 0.202. The Morgan fingerprint density at radius 2 is 2.00 bits per heavy atom. The quantitative estimate of drug-likeness (QED) is 0.575. The first-order valence-electron chi connectivity index (χ1n) is 7.23. The molecule has 100 valence electrons. The molecule has 0 aromatic carbocycles. The zero-order valence-corrected chi connectivity index (χ0v) is 12.1. The van der Waals surface area contributed by atoms with Crippen LogP contribution < -0.4 is 0 Å². The summed E-state index contributed by atoms with van der Waals surface area (Å²) in [5, 5.41) is 10.8. The normalized spacial score (nSPS) is 23.9. The van der Waals surface area contributed by atoms with Gasteiger partial charge in [-0.25, -0.2) is 0 Å². The summed E-state index contributed by atoms with van der Waals surface area (Å²) in [5.41, 5.74) is 0.202. The van der Waals surface area contributed by atoms with Crippen LogP contribution in [0.15, 0.2) is 10.3 Å². The maximum atomic E-state index is 4.32. The monoisotopic (exact) mass is 239 g/mol. The molecule has 1 atom stereocenters. The van der Waals surface area contributed by atoms with E-state index in [1.54, 1.807) is 0 Å². The number of unbranched alkanes of at least 4 members (excludes halogenated alkanes) is 2. The van der Waals surface area contributed by atoms with Crippen molar-refractivity contribution in [3.8, 4) is 0 Å². The summed E-state index contributed by atoms with van der Waals surface area (Å²) < 4.78 is 0. The second-order valence-electron chi connectivity index (χ2n) is 6.00. The Bertz CT molecular complexity index is 238. The molecule has 0 bridgehead atoms. The molecule has 0 aromatic heterocycles. The third kappa shape index (κ3) is 4.64. The van der Waals surface area contributed by atoms with Gasteiger partial charge in [-0.2, -0.15) is 5.11 Å². The summed E-state index contributed by atoms with van der Waals surface area (Å²) in [4.78, 5) is 0. The SMILES string of the molecule is CCCCC1(C)CN=NN1CCCCC(C)C. The Kier molecular flexibility index (Phi) is 5.93. The summed E-state index contributed by atoms with van der Waals surface area (Å²) in [7, 11) is 0. The van der Waals surface area contributed by atoms with Crippen LogP contribution in [0.5, 0.6) is 0 Å².